The summed E-state index contributed by atoms with van der Waals surface area (Å²) < 4.78 is 7.13. The molecule has 0 fully saturated rings. The van der Waals surface area contributed by atoms with Crippen LogP contribution in [0.3, 0.4) is 0 Å². The molecule has 0 saturated carbocycles. The Hall–Kier alpha value is -1.55. The van der Waals surface area contributed by atoms with E-state index in [1.807, 2.05) is 0 Å². The summed E-state index contributed by atoms with van der Waals surface area (Å²) in [4.78, 5) is 0. The van der Waals surface area contributed by atoms with E-state index in [0.29, 0.717) is 6.61 Å². The fourth-order valence-electron chi connectivity index (χ4n) is 4.03. The molecule has 2 aromatic rings. The molecule has 0 heterocycles. The van der Waals surface area contributed by atoms with Gasteiger partial charge in [0.15, 0.2) is 0 Å². The van der Waals surface area contributed by atoms with Crippen molar-refractivity contribution in [3.63, 3.8) is 0 Å². The first-order valence-electron chi connectivity index (χ1n) is 8.58. The molecule has 2 aliphatic rings. The molecule has 0 N–H and O–H groups in total. The van der Waals surface area contributed by atoms with Gasteiger partial charge in [0, 0.05) is 5.22 Å². The molecule has 1 nitrogen and oxygen atoms in total. The van der Waals surface area contributed by atoms with Gasteiger partial charge in [0.2, 0.25) is 0 Å². The molecule has 2 aliphatic carbocycles. The summed E-state index contributed by atoms with van der Waals surface area (Å²) in [7, 11) is 0. The van der Waals surface area contributed by atoms with Crippen LogP contribution in [0, 0.1) is 14.0 Å². The number of hydrogen-bond donors (Lipinski definition) is 0. The van der Waals surface area contributed by atoms with E-state index in [4.69, 9.17) is 4.74 Å². The van der Waals surface area contributed by atoms with Crippen LogP contribution in [0.25, 0.3) is 11.6 Å². The summed E-state index contributed by atoms with van der Waals surface area (Å²) in [6.07, 6.45) is 8.89. The summed E-state index contributed by atoms with van der Waals surface area (Å²) in [6.45, 7) is 6.60. The second-order valence-electron chi connectivity index (χ2n) is 6.60. The van der Waals surface area contributed by atoms with Crippen molar-refractivity contribution < 1.29 is 4.74 Å². The van der Waals surface area contributed by atoms with Crippen LogP contribution in [-0.4, -0.2) is 6.61 Å². The fraction of sp³-hybridized carbons (Fsp3) is 0.273. The number of ether oxygens (including phenoxy) is 1. The Balaban J connectivity index is 2.09. The molecule has 0 unspecified atom stereocenters. The van der Waals surface area contributed by atoms with Gasteiger partial charge in [-0.1, -0.05) is 42.5 Å². The number of fused-ring (bicyclic) bond motifs is 4. The molecule has 0 saturated heterocycles. The monoisotopic (exact) mass is 428 g/mol. The maximum Gasteiger partial charge on any atom is 0.140 e. The Bertz CT molecular complexity index is 1050. The van der Waals surface area contributed by atoms with Crippen molar-refractivity contribution in [1.29, 1.82) is 0 Å². The van der Waals surface area contributed by atoms with E-state index in [9.17, 15) is 0 Å². The van der Waals surface area contributed by atoms with Crippen molar-refractivity contribution >= 4 is 34.2 Å². The highest BCUT2D eigenvalue weighted by Crippen LogP contribution is 2.23. The van der Waals surface area contributed by atoms with Crippen LogP contribution in [0.1, 0.15) is 30.9 Å². The SMILES string of the molecule is C=CCOc1c(I)ccc2c1=CCc1c3c(ccc1=2)=C(C)CCC3. The van der Waals surface area contributed by atoms with Crippen LogP contribution >= 0.6 is 22.6 Å². The molecule has 0 radical (unpaired) electrons. The first-order valence-corrected chi connectivity index (χ1v) is 9.66. The van der Waals surface area contributed by atoms with E-state index in [1.165, 1.54) is 45.7 Å². The van der Waals surface area contributed by atoms with Crippen LogP contribution < -0.4 is 15.2 Å². The smallest absolute Gasteiger partial charge is 0.140 e. The van der Waals surface area contributed by atoms with Crippen LogP contribution in [0.4, 0.5) is 0 Å². The van der Waals surface area contributed by atoms with E-state index in [2.05, 4.69) is 66.4 Å². The zero-order valence-corrected chi connectivity index (χ0v) is 16.2. The Kier molecular flexibility index (Phi) is 4.25. The quantitative estimate of drug-likeness (QED) is 0.531. The van der Waals surface area contributed by atoms with Crippen molar-refractivity contribution in [3.05, 3.63) is 72.5 Å². The highest BCUT2D eigenvalue weighted by molar-refractivity contribution is 14.1. The lowest BCUT2D eigenvalue weighted by molar-refractivity contribution is 0.357. The van der Waals surface area contributed by atoms with Crippen LogP contribution in [-0.2, 0) is 12.8 Å². The van der Waals surface area contributed by atoms with Gasteiger partial charge in [0.1, 0.15) is 12.4 Å². The minimum Gasteiger partial charge on any atom is -0.488 e. The summed E-state index contributed by atoms with van der Waals surface area (Å²) in [6, 6.07) is 9.06. The molecule has 0 amide bonds. The van der Waals surface area contributed by atoms with Crippen molar-refractivity contribution in [2.75, 3.05) is 6.61 Å². The molecular weight excluding hydrogens is 407 g/mol. The fourth-order valence-corrected chi connectivity index (χ4v) is 4.66. The molecule has 24 heavy (non-hydrogen) atoms. The first-order chi connectivity index (χ1) is 11.7. The molecule has 2 heteroatoms. The minimum absolute atomic E-state index is 0.547. The third-order valence-electron chi connectivity index (χ3n) is 5.16. The Morgan fingerprint density at radius 3 is 2.71 bits per heavy atom. The number of hydrogen-bond acceptors (Lipinski definition) is 1. The molecule has 0 bridgehead atoms. The van der Waals surface area contributed by atoms with E-state index in [1.54, 1.807) is 17.2 Å². The van der Waals surface area contributed by atoms with Gasteiger partial charge in [-0.05, 0) is 88.0 Å². The van der Waals surface area contributed by atoms with Crippen molar-refractivity contribution in [2.45, 2.75) is 32.6 Å². The Labute approximate surface area is 156 Å². The van der Waals surface area contributed by atoms with E-state index >= 15 is 0 Å². The largest absolute Gasteiger partial charge is 0.488 e. The van der Waals surface area contributed by atoms with Gasteiger partial charge in [0.25, 0.3) is 0 Å². The number of benzene rings is 2. The molecule has 2 aromatic carbocycles. The summed E-state index contributed by atoms with van der Waals surface area (Å²) in [5, 5.41) is 5.43. The van der Waals surface area contributed by atoms with Gasteiger partial charge in [-0.25, -0.2) is 0 Å². The maximum atomic E-state index is 5.97. The minimum atomic E-state index is 0.547. The molecular formula is C22H21IO. The molecule has 0 aromatic heterocycles. The molecule has 0 atom stereocenters. The first kappa shape index (κ1) is 15.9. The number of halogens is 1. The van der Waals surface area contributed by atoms with E-state index in [-0.39, 0.29) is 0 Å². The van der Waals surface area contributed by atoms with Crippen molar-refractivity contribution in [2.24, 2.45) is 0 Å². The zero-order chi connectivity index (χ0) is 16.7. The predicted octanol–water partition coefficient (Wildman–Crippen LogP) is 3.99. The van der Waals surface area contributed by atoms with Crippen molar-refractivity contribution in [3.8, 4) is 5.75 Å². The van der Waals surface area contributed by atoms with E-state index in [0.717, 1.165) is 15.7 Å². The van der Waals surface area contributed by atoms with Gasteiger partial charge < -0.3 is 4.74 Å². The standard InChI is InChI=1S/C22H21IO/c1-3-13-24-22-20-10-9-17-16-6-4-5-14(2)15(16)7-8-18(17)19(20)11-12-21(22)23/h3,7-8,10-12H,1,4-6,9,13H2,2H3. The molecule has 122 valence electrons. The third-order valence-corrected chi connectivity index (χ3v) is 6.01. The highest BCUT2D eigenvalue weighted by Gasteiger charge is 2.15. The lowest BCUT2D eigenvalue weighted by Gasteiger charge is -2.19. The third kappa shape index (κ3) is 2.52. The van der Waals surface area contributed by atoms with Gasteiger partial charge >= 0.3 is 0 Å². The second kappa shape index (κ2) is 6.40. The second-order valence-corrected chi connectivity index (χ2v) is 7.76. The number of rotatable bonds is 3. The summed E-state index contributed by atoms with van der Waals surface area (Å²) >= 11 is 2.36. The van der Waals surface area contributed by atoms with Crippen molar-refractivity contribution in [1.82, 2.24) is 0 Å². The summed E-state index contributed by atoms with van der Waals surface area (Å²) in [5.74, 6) is 0.999. The molecule has 0 spiro atoms. The zero-order valence-electron chi connectivity index (χ0n) is 14.0. The van der Waals surface area contributed by atoms with E-state index < -0.39 is 0 Å². The lowest BCUT2D eigenvalue weighted by atomic mass is 9.86. The van der Waals surface area contributed by atoms with Gasteiger partial charge in [0.05, 0.1) is 3.57 Å². The average Bonchev–Trinajstić information content (AvgIpc) is 2.60. The van der Waals surface area contributed by atoms with Crippen LogP contribution in [0.5, 0.6) is 5.75 Å². The Morgan fingerprint density at radius 2 is 1.88 bits per heavy atom. The lowest BCUT2D eigenvalue weighted by Crippen LogP contribution is -2.22. The van der Waals surface area contributed by atoms with Gasteiger partial charge in [-0.2, -0.15) is 0 Å². The summed E-state index contributed by atoms with van der Waals surface area (Å²) in [5.41, 5.74) is 4.64. The van der Waals surface area contributed by atoms with Crippen LogP contribution in [0.2, 0.25) is 0 Å². The van der Waals surface area contributed by atoms with Gasteiger partial charge in [-0.3, -0.25) is 0 Å². The Morgan fingerprint density at radius 1 is 1.08 bits per heavy atom. The highest BCUT2D eigenvalue weighted by atomic mass is 127. The molecule has 4 rings (SSSR count). The van der Waals surface area contributed by atoms with Gasteiger partial charge in [-0.15, -0.1) is 0 Å². The normalized spacial score (nSPS) is 15.0. The molecule has 0 aliphatic heterocycles. The topological polar surface area (TPSA) is 9.23 Å². The maximum absolute atomic E-state index is 5.97. The average molecular weight is 428 g/mol. The predicted molar refractivity (Wildman–Crippen MR) is 108 cm³/mol. The van der Waals surface area contributed by atoms with Crippen LogP contribution in [0.15, 0.2) is 36.9 Å².